The van der Waals surface area contributed by atoms with Crippen LogP contribution in [0.4, 0.5) is 0 Å². The van der Waals surface area contributed by atoms with Crippen LogP contribution < -0.4 is 5.73 Å². The molecule has 0 unspecified atom stereocenters. The van der Waals surface area contributed by atoms with Crippen LogP contribution in [0.1, 0.15) is 22.5 Å². The predicted molar refractivity (Wildman–Crippen MR) is 124 cm³/mol. The van der Waals surface area contributed by atoms with Crippen molar-refractivity contribution in [3.8, 4) is 17.5 Å². The second kappa shape index (κ2) is 8.02. The molecule has 0 atom stereocenters. The van der Waals surface area contributed by atoms with Crippen LogP contribution in [0.2, 0.25) is 0 Å². The monoisotopic (exact) mass is 403 g/mol. The van der Waals surface area contributed by atoms with Gasteiger partial charge >= 0.3 is 0 Å². The van der Waals surface area contributed by atoms with E-state index in [1.54, 1.807) is 12.4 Å². The Labute approximate surface area is 180 Å². The van der Waals surface area contributed by atoms with Gasteiger partial charge in [-0.25, -0.2) is 4.98 Å². The van der Waals surface area contributed by atoms with Gasteiger partial charge in [0.15, 0.2) is 0 Å². The number of nitrogens with two attached hydrogens (primary N) is 1. The molecule has 5 aromatic rings. The first-order valence-corrected chi connectivity index (χ1v) is 10.2. The summed E-state index contributed by atoms with van der Waals surface area (Å²) in [5, 5.41) is 1.03. The summed E-state index contributed by atoms with van der Waals surface area (Å²) in [6.07, 6.45) is 6.22. The van der Waals surface area contributed by atoms with E-state index in [4.69, 9.17) is 10.7 Å². The van der Waals surface area contributed by atoms with Crippen molar-refractivity contribution in [2.75, 3.05) is 6.54 Å². The summed E-state index contributed by atoms with van der Waals surface area (Å²) in [5.41, 5.74) is 12.6. The van der Waals surface area contributed by atoms with Crippen LogP contribution in [-0.2, 0) is 6.42 Å². The second-order valence-corrected chi connectivity index (χ2v) is 7.42. The number of fused-ring (bicyclic) bond motifs is 3. The normalized spacial score (nSPS) is 10.9. The van der Waals surface area contributed by atoms with Gasteiger partial charge in [0.05, 0.1) is 17.2 Å². The third kappa shape index (κ3) is 3.65. The number of benzene rings is 2. The first-order chi connectivity index (χ1) is 15.2. The minimum absolute atomic E-state index is 0.644. The van der Waals surface area contributed by atoms with E-state index in [9.17, 15) is 0 Å². The van der Waals surface area contributed by atoms with Gasteiger partial charge in [0.1, 0.15) is 11.3 Å². The van der Waals surface area contributed by atoms with Crippen molar-refractivity contribution < 1.29 is 0 Å². The highest BCUT2D eigenvalue weighted by Gasteiger charge is 2.14. The van der Waals surface area contributed by atoms with Crippen molar-refractivity contribution >= 4 is 21.9 Å². The highest BCUT2D eigenvalue weighted by molar-refractivity contribution is 6.03. The zero-order valence-electron chi connectivity index (χ0n) is 17.2. The molecule has 0 aliphatic heterocycles. The molecule has 0 saturated heterocycles. The van der Waals surface area contributed by atoms with E-state index in [-0.39, 0.29) is 0 Å². The molecule has 3 aromatic heterocycles. The zero-order valence-corrected chi connectivity index (χ0v) is 17.2. The van der Waals surface area contributed by atoms with Crippen molar-refractivity contribution in [3.05, 3.63) is 95.7 Å². The summed E-state index contributed by atoms with van der Waals surface area (Å²) in [5.74, 6) is 7.34. The van der Waals surface area contributed by atoms with Crippen LogP contribution in [0.5, 0.6) is 0 Å². The maximum Gasteiger partial charge on any atom is 0.111 e. The summed E-state index contributed by atoms with van der Waals surface area (Å²) in [4.78, 5) is 13.5. The maximum absolute atomic E-state index is 5.69. The molecule has 5 nitrogen and oxygen atoms in total. The molecule has 31 heavy (non-hydrogen) atoms. The molecular weight excluding hydrogens is 382 g/mol. The summed E-state index contributed by atoms with van der Waals surface area (Å²) < 4.78 is 2.18. The summed E-state index contributed by atoms with van der Waals surface area (Å²) >= 11 is 0. The minimum atomic E-state index is 0.644. The number of imidazole rings is 1. The molecule has 0 radical (unpaired) electrons. The number of nitrogens with zero attached hydrogens (tertiary/aromatic N) is 4. The van der Waals surface area contributed by atoms with E-state index in [1.165, 1.54) is 5.56 Å². The Hall–Kier alpha value is -4.01. The van der Waals surface area contributed by atoms with Crippen LogP contribution in [0, 0.1) is 18.8 Å². The maximum atomic E-state index is 5.69. The highest BCUT2D eigenvalue weighted by atomic mass is 15.1. The molecule has 150 valence electrons. The lowest BCUT2D eigenvalue weighted by molar-refractivity contribution is 0.961. The highest BCUT2D eigenvalue weighted by Crippen LogP contribution is 2.28. The Kier molecular flexibility index (Phi) is 4.91. The standard InChI is InChI=1S/C26H21N5/c1-18-30-25-17-29-24-11-8-20(4-5-21-3-2-14-28-16-21)15-23(24)26(25)31(18)22-9-6-19(7-10-22)12-13-27/h2-3,6-11,14-17H,12-13,27H2,1H3. The molecule has 5 heteroatoms. The van der Waals surface area contributed by atoms with E-state index in [1.807, 2.05) is 37.4 Å². The zero-order chi connectivity index (χ0) is 21.2. The average Bonchev–Trinajstić information content (AvgIpc) is 3.15. The Balaban J connectivity index is 1.67. The van der Waals surface area contributed by atoms with Crippen LogP contribution in [0.3, 0.4) is 0 Å². The fourth-order valence-electron chi connectivity index (χ4n) is 3.82. The Morgan fingerprint density at radius 3 is 2.55 bits per heavy atom. The Morgan fingerprint density at radius 1 is 0.935 bits per heavy atom. The molecule has 0 aliphatic carbocycles. The van der Waals surface area contributed by atoms with Crippen LogP contribution in [-0.4, -0.2) is 26.1 Å². The average molecular weight is 403 g/mol. The second-order valence-electron chi connectivity index (χ2n) is 7.42. The lowest BCUT2D eigenvalue weighted by atomic mass is 10.1. The number of rotatable bonds is 3. The molecule has 0 bridgehead atoms. The SMILES string of the molecule is Cc1nc2cnc3ccc(C#Cc4cccnc4)cc3c2n1-c1ccc(CCN)cc1. The van der Waals surface area contributed by atoms with E-state index in [0.717, 1.165) is 51.0 Å². The van der Waals surface area contributed by atoms with Crippen LogP contribution in [0.25, 0.3) is 27.6 Å². The minimum Gasteiger partial charge on any atom is -0.330 e. The van der Waals surface area contributed by atoms with Gasteiger partial charge < -0.3 is 5.73 Å². The summed E-state index contributed by atoms with van der Waals surface area (Å²) in [7, 11) is 0. The molecular formula is C26H21N5. The van der Waals surface area contributed by atoms with E-state index in [0.29, 0.717) is 6.54 Å². The smallest absolute Gasteiger partial charge is 0.111 e. The molecule has 0 fully saturated rings. The molecule has 0 amide bonds. The Morgan fingerprint density at radius 2 is 1.77 bits per heavy atom. The fourth-order valence-corrected chi connectivity index (χ4v) is 3.82. The number of hydrogen-bond acceptors (Lipinski definition) is 4. The number of pyridine rings is 2. The molecule has 0 spiro atoms. The molecule has 5 rings (SSSR count). The van der Waals surface area contributed by atoms with Gasteiger partial charge in [0.25, 0.3) is 0 Å². The number of aryl methyl sites for hydroxylation is 1. The van der Waals surface area contributed by atoms with Gasteiger partial charge in [0.2, 0.25) is 0 Å². The van der Waals surface area contributed by atoms with Gasteiger partial charge in [-0.3, -0.25) is 14.5 Å². The number of aromatic nitrogens is 4. The third-order valence-corrected chi connectivity index (χ3v) is 5.29. The number of hydrogen-bond donors (Lipinski definition) is 1. The third-order valence-electron chi connectivity index (χ3n) is 5.29. The topological polar surface area (TPSA) is 69.6 Å². The van der Waals surface area contributed by atoms with Crippen molar-refractivity contribution in [3.63, 3.8) is 0 Å². The van der Waals surface area contributed by atoms with Crippen molar-refractivity contribution in [2.24, 2.45) is 5.73 Å². The molecule has 2 aromatic carbocycles. The van der Waals surface area contributed by atoms with Gasteiger partial charge in [-0.2, -0.15) is 0 Å². The first kappa shape index (κ1) is 19.0. The Bertz CT molecular complexity index is 1440. The van der Waals surface area contributed by atoms with Crippen molar-refractivity contribution in [2.45, 2.75) is 13.3 Å². The molecule has 0 saturated carbocycles. The van der Waals surface area contributed by atoms with Gasteiger partial charge in [0, 0.05) is 34.6 Å². The van der Waals surface area contributed by atoms with Gasteiger partial charge in [-0.15, -0.1) is 0 Å². The van der Waals surface area contributed by atoms with Crippen LogP contribution >= 0.6 is 0 Å². The first-order valence-electron chi connectivity index (χ1n) is 10.2. The fraction of sp³-hybridized carbons (Fsp3) is 0.115. The van der Waals surface area contributed by atoms with Crippen LogP contribution in [0.15, 0.2) is 73.2 Å². The molecule has 0 aliphatic rings. The summed E-state index contributed by atoms with van der Waals surface area (Å²) in [6.45, 7) is 2.66. The largest absolute Gasteiger partial charge is 0.330 e. The van der Waals surface area contributed by atoms with E-state index < -0.39 is 0 Å². The lowest BCUT2D eigenvalue weighted by Crippen LogP contribution is -2.03. The van der Waals surface area contributed by atoms with Gasteiger partial charge in [-0.1, -0.05) is 24.0 Å². The van der Waals surface area contributed by atoms with Gasteiger partial charge in [-0.05, 0) is 67.9 Å². The quantitative estimate of drug-likeness (QED) is 0.459. The lowest BCUT2D eigenvalue weighted by Gasteiger charge is -2.10. The summed E-state index contributed by atoms with van der Waals surface area (Å²) in [6, 6.07) is 18.4. The molecule has 3 heterocycles. The predicted octanol–water partition coefficient (Wildman–Crippen LogP) is 4.18. The van der Waals surface area contributed by atoms with E-state index >= 15 is 0 Å². The van der Waals surface area contributed by atoms with Crippen molar-refractivity contribution in [1.29, 1.82) is 0 Å². The molecule has 2 N–H and O–H groups in total. The van der Waals surface area contributed by atoms with E-state index in [2.05, 4.69) is 56.7 Å². The van der Waals surface area contributed by atoms with Crippen molar-refractivity contribution in [1.82, 2.24) is 19.5 Å².